The summed E-state index contributed by atoms with van der Waals surface area (Å²) in [6.07, 6.45) is -2.00. The first-order chi connectivity index (χ1) is 17.2. The molecule has 190 valence electrons. The summed E-state index contributed by atoms with van der Waals surface area (Å²) >= 11 is 4.42. The van der Waals surface area contributed by atoms with Crippen LogP contribution in [0.5, 0.6) is 0 Å². The van der Waals surface area contributed by atoms with Crippen molar-refractivity contribution in [2.75, 3.05) is 11.9 Å². The van der Waals surface area contributed by atoms with Crippen LogP contribution in [0.3, 0.4) is 0 Å². The number of alkyl halides is 1. The molecule has 1 heterocycles. The number of rotatable bonds is 9. The van der Waals surface area contributed by atoms with E-state index in [1.807, 2.05) is 0 Å². The van der Waals surface area contributed by atoms with Gasteiger partial charge in [0.2, 0.25) is 0 Å². The number of anilines is 1. The highest BCUT2D eigenvalue weighted by atomic mass is 79.9. The average Bonchev–Trinajstić information content (AvgIpc) is 3.19. The third kappa shape index (κ3) is 6.24. The first-order valence-corrected chi connectivity index (χ1v) is 12.6. The minimum absolute atomic E-state index is 0.0940. The third-order valence-corrected chi connectivity index (χ3v) is 6.79. The van der Waals surface area contributed by atoms with Gasteiger partial charge in [0.1, 0.15) is 22.7 Å². The molecule has 0 radical (unpaired) electrons. The molecule has 36 heavy (non-hydrogen) atoms. The average molecular weight is 583 g/mol. The second-order valence-electron chi connectivity index (χ2n) is 7.52. The fraction of sp³-hybridized carbons (Fsp3) is 0.250. The number of nitrogens with one attached hydrogen (secondary N) is 1. The minimum Gasteiger partial charge on any atom is -0.462 e. The predicted molar refractivity (Wildman–Crippen MR) is 135 cm³/mol. The highest BCUT2D eigenvalue weighted by Gasteiger charge is 2.27. The number of esters is 1. The van der Waals surface area contributed by atoms with Crippen LogP contribution in [0.15, 0.2) is 42.5 Å². The van der Waals surface area contributed by atoms with E-state index in [4.69, 9.17) is 9.47 Å². The van der Waals surface area contributed by atoms with Crippen molar-refractivity contribution in [1.29, 1.82) is 0 Å². The lowest BCUT2D eigenvalue weighted by Crippen LogP contribution is -2.23. The van der Waals surface area contributed by atoms with Crippen LogP contribution in [0, 0.1) is 21.7 Å². The van der Waals surface area contributed by atoms with Crippen molar-refractivity contribution in [3.8, 4) is 10.4 Å². The zero-order valence-corrected chi connectivity index (χ0v) is 21.6. The second-order valence-corrected chi connectivity index (χ2v) is 9.10. The number of carbonyl (C=O) groups excluding carboxylic acids is 2. The molecule has 2 aromatic carbocycles. The van der Waals surface area contributed by atoms with Gasteiger partial charge in [0.15, 0.2) is 0 Å². The Labute approximate surface area is 217 Å². The lowest BCUT2D eigenvalue weighted by atomic mass is 10.1. The van der Waals surface area contributed by atoms with Crippen LogP contribution in [0.1, 0.15) is 35.3 Å². The van der Waals surface area contributed by atoms with Gasteiger partial charge in [-0.05, 0) is 49.2 Å². The van der Waals surface area contributed by atoms with Gasteiger partial charge in [-0.2, -0.15) is 0 Å². The van der Waals surface area contributed by atoms with Crippen molar-refractivity contribution >= 4 is 50.0 Å². The van der Waals surface area contributed by atoms with Gasteiger partial charge in [-0.15, -0.1) is 11.3 Å². The van der Waals surface area contributed by atoms with Gasteiger partial charge in [-0.1, -0.05) is 22.0 Å². The number of hydrogen-bond acceptors (Lipinski definition) is 7. The Morgan fingerprint density at radius 3 is 2.33 bits per heavy atom. The molecule has 12 heteroatoms. The number of halogens is 3. The molecule has 0 spiro atoms. The lowest BCUT2D eigenvalue weighted by Gasteiger charge is -2.15. The molecular formula is C24H21BrF2N2O6S. The highest BCUT2D eigenvalue weighted by Crippen LogP contribution is 2.42. The topological polar surface area (TPSA) is 108 Å². The molecule has 0 saturated carbocycles. The van der Waals surface area contributed by atoms with Crippen LogP contribution in [-0.2, 0) is 21.2 Å². The predicted octanol–water partition coefficient (Wildman–Crippen LogP) is 6.85. The molecule has 1 aromatic heterocycles. The summed E-state index contributed by atoms with van der Waals surface area (Å²) in [5, 5.41) is 13.9. The maximum absolute atomic E-state index is 13.9. The zero-order chi connectivity index (χ0) is 26.4. The van der Waals surface area contributed by atoms with E-state index in [-0.39, 0.29) is 40.2 Å². The Balaban J connectivity index is 1.88. The van der Waals surface area contributed by atoms with Crippen molar-refractivity contribution < 1.29 is 32.8 Å². The molecule has 0 saturated heterocycles. The maximum atomic E-state index is 13.9. The first-order valence-electron chi connectivity index (χ1n) is 10.7. The minimum atomic E-state index is -0.928. The van der Waals surface area contributed by atoms with E-state index in [9.17, 15) is 28.5 Å². The zero-order valence-electron chi connectivity index (χ0n) is 19.2. The molecule has 1 amide bonds. The Hall–Kier alpha value is -3.38. The van der Waals surface area contributed by atoms with E-state index in [2.05, 4.69) is 21.2 Å². The van der Waals surface area contributed by atoms with Gasteiger partial charge in [-0.25, -0.2) is 18.4 Å². The molecule has 0 aliphatic rings. The summed E-state index contributed by atoms with van der Waals surface area (Å²) < 4.78 is 38.3. The molecule has 1 atom stereocenters. The van der Waals surface area contributed by atoms with Crippen LogP contribution in [0.25, 0.3) is 10.4 Å². The molecule has 0 bridgehead atoms. The van der Waals surface area contributed by atoms with Gasteiger partial charge in [0, 0.05) is 34.3 Å². The molecule has 0 fully saturated rings. The van der Waals surface area contributed by atoms with E-state index >= 15 is 0 Å². The number of nitro groups is 1. The van der Waals surface area contributed by atoms with E-state index in [1.165, 1.54) is 37.3 Å². The number of amides is 1. The molecule has 0 aliphatic carbocycles. The van der Waals surface area contributed by atoms with E-state index in [0.717, 1.165) is 23.5 Å². The van der Waals surface area contributed by atoms with Gasteiger partial charge in [-0.3, -0.25) is 15.4 Å². The third-order valence-electron chi connectivity index (χ3n) is 5.04. The van der Waals surface area contributed by atoms with Crippen LogP contribution in [-0.4, -0.2) is 29.7 Å². The number of nitro benzene ring substituents is 1. The monoisotopic (exact) mass is 582 g/mol. The summed E-state index contributed by atoms with van der Waals surface area (Å²) in [6, 6.07) is 9.22. The fourth-order valence-electron chi connectivity index (χ4n) is 3.43. The Bertz CT molecular complexity index is 1260. The number of thiophene rings is 1. The molecular weight excluding hydrogens is 562 g/mol. The first kappa shape index (κ1) is 27.2. The smallest absolute Gasteiger partial charge is 0.412 e. The summed E-state index contributed by atoms with van der Waals surface area (Å²) in [7, 11) is 0. The second kappa shape index (κ2) is 12.0. The number of hydrogen-bond donors (Lipinski definition) is 1. The number of non-ortho nitro benzene ring substituents is 1. The molecule has 1 unspecified atom stereocenters. The Morgan fingerprint density at radius 1 is 1.14 bits per heavy atom. The van der Waals surface area contributed by atoms with E-state index in [1.54, 1.807) is 6.92 Å². The van der Waals surface area contributed by atoms with Crippen LogP contribution in [0.4, 0.5) is 24.3 Å². The van der Waals surface area contributed by atoms with Crippen LogP contribution in [0.2, 0.25) is 0 Å². The quantitative estimate of drug-likeness (QED) is 0.128. The van der Waals surface area contributed by atoms with Gasteiger partial charge < -0.3 is 9.47 Å². The molecule has 8 nitrogen and oxygen atoms in total. The Kier molecular flexibility index (Phi) is 9.10. The van der Waals surface area contributed by atoms with Crippen molar-refractivity contribution in [2.45, 2.75) is 31.7 Å². The maximum Gasteiger partial charge on any atom is 0.412 e. The Morgan fingerprint density at radius 2 is 1.78 bits per heavy atom. The molecule has 3 aromatic rings. The highest BCUT2D eigenvalue weighted by molar-refractivity contribution is 9.08. The standard InChI is InChI=1S/C24H21BrF2N2O6S/c1-3-34-23(30)20-17(12-25)21(14-7-9-15(10-8-14)29(32)33)36-22(20)28-24(31)35-13(2)11-16-18(26)5-4-6-19(16)27/h4-10,13H,3,11-12H2,1-2H3,(H,28,31). The van der Waals surface area contributed by atoms with Crippen molar-refractivity contribution in [3.05, 3.63) is 80.9 Å². The van der Waals surface area contributed by atoms with Gasteiger partial charge >= 0.3 is 12.1 Å². The molecule has 1 N–H and O–H groups in total. The summed E-state index contributed by atoms with van der Waals surface area (Å²) in [4.78, 5) is 36.4. The fourth-order valence-corrected chi connectivity index (χ4v) is 5.37. The lowest BCUT2D eigenvalue weighted by molar-refractivity contribution is -0.384. The summed E-state index contributed by atoms with van der Waals surface area (Å²) in [5.74, 6) is -2.17. The molecule has 0 aliphatic heterocycles. The van der Waals surface area contributed by atoms with Crippen LogP contribution >= 0.6 is 27.3 Å². The van der Waals surface area contributed by atoms with Crippen molar-refractivity contribution in [1.82, 2.24) is 0 Å². The van der Waals surface area contributed by atoms with Crippen LogP contribution < -0.4 is 5.32 Å². The number of ether oxygens (including phenoxy) is 2. The SMILES string of the molecule is CCOC(=O)c1c(NC(=O)OC(C)Cc2c(F)cccc2F)sc(-c2ccc([N+](=O)[O-])cc2)c1CBr. The number of carbonyl (C=O) groups is 2. The largest absolute Gasteiger partial charge is 0.462 e. The van der Waals surface area contributed by atoms with E-state index < -0.39 is 34.7 Å². The van der Waals surface area contributed by atoms with Gasteiger partial charge in [0.25, 0.3) is 5.69 Å². The normalized spacial score (nSPS) is 11.6. The molecule has 3 rings (SSSR count). The van der Waals surface area contributed by atoms with Gasteiger partial charge in [0.05, 0.1) is 17.1 Å². The van der Waals surface area contributed by atoms with E-state index in [0.29, 0.717) is 16.0 Å². The number of benzene rings is 2. The number of nitrogens with zero attached hydrogens (tertiary/aromatic N) is 1. The summed E-state index contributed by atoms with van der Waals surface area (Å²) in [5.41, 5.74) is 0.919. The van der Waals surface area contributed by atoms with Crippen molar-refractivity contribution in [3.63, 3.8) is 0 Å². The van der Waals surface area contributed by atoms with Crippen molar-refractivity contribution in [2.24, 2.45) is 0 Å². The summed E-state index contributed by atoms with van der Waals surface area (Å²) in [6.45, 7) is 3.22.